The molecule has 7 heteroatoms. The van der Waals surface area contributed by atoms with Gasteiger partial charge in [0.15, 0.2) is 0 Å². The Kier molecular flexibility index (Phi) is 4.44. The van der Waals surface area contributed by atoms with Crippen molar-refractivity contribution in [3.05, 3.63) is 11.9 Å². The summed E-state index contributed by atoms with van der Waals surface area (Å²) >= 11 is 0. The summed E-state index contributed by atoms with van der Waals surface area (Å²) in [6.45, 7) is 1.44. The lowest BCUT2D eigenvalue weighted by atomic mass is 9.84. The van der Waals surface area contributed by atoms with Crippen molar-refractivity contribution in [2.75, 3.05) is 26.9 Å². The molecule has 0 bridgehead atoms. The number of aliphatic carboxylic acids is 1. The van der Waals surface area contributed by atoms with Gasteiger partial charge in [0, 0.05) is 26.2 Å². The van der Waals surface area contributed by atoms with Crippen LogP contribution < -0.4 is 0 Å². The third-order valence-electron chi connectivity index (χ3n) is 4.64. The maximum atomic E-state index is 12.1. The molecule has 2 fully saturated rings. The maximum Gasteiger partial charge on any atom is 0.336 e. The minimum Gasteiger partial charge on any atom is -0.479 e. The van der Waals surface area contributed by atoms with Crippen LogP contribution in [-0.2, 0) is 19.8 Å². The Labute approximate surface area is 129 Å². The van der Waals surface area contributed by atoms with Crippen molar-refractivity contribution in [2.24, 2.45) is 5.92 Å². The van der Waals surface area contributed by atoms with Gasteiger partial charge in [0.25, 0.3) is 0 Å². The van der Waals surface area contributed by atoms with Crippen LogP contribution >= 0.6 is 0 Å². The minimum atomic E-state index is -1.23. The molecular weight excluding hydrogens is 286 g/mol. The molecule has 0 spiro atoms. The fourth-order valence-corrected chi connectivity index (χ4v) is 3.15. The van der Waals surface area contributed by atoms with E-state index in [0.29, 0.717) is 25.6 Å². The van der Waals surface area contributed by atoms with Gasteiger partial charge in [-0.15, -0.1) is 0 Å². The van der Waals surface area contributed by atoms with Crippen molar-refractivity contribution in [2.45, 2.75) is 43.6 Å². The van der Waals surface area contributed by atoms with Crippen LogP contribution in [0, 0.1) is 5.92 Å². The smallest absolute Gasteiger partial charge is 0.336 e. The van der Waals surface area contributed by atoms with E-state index in [1.54, 1.807) is 6.20 Å². The van der Waals surface area contributed by atoms with Gasteiger partial charge in [-0.05, 0) is 38.0 Å². The highest BCUT2D eigenvalue weighted by Crippen LogP contribution is 2.39. The molecule has 1 aromatic rings. The lowest BCUT2D eigenvalue weighted by Gasteiger charge is -2.33. The van der Waals surface area contributed by atoms with E-state index in [1.165, 1.54) is 11.9 Å². The molecule has 1 N–H and O–H groups in total. The summed E-state index contributed by atoms with van der Waals surface area (Å²) in [4.78, 5) is 13.4. The molecule has 1 aliphatic heterocycles. The van der Waals surface area contributed by atoms with Crippen LogP contribution in [0.3, 0.4) is 0 Å². The first-order chi connectivity index (χ1) is 10.7. The predicted molar refractivity (Wildman–Crippen MR) is 77.6 cm³/mol. The second-order valence-corrected chi connectivity index (χ2v) is 6.36. The second-order valence-electron chi connectivity index (χ2n) is 6.36. The van der Waals surface area contributed by atoms with Crippen LogP contribution in [0.4, 0.5) is 0 Å². The molecular formula is C15H23N3O4. The van der Waals surface area contributed by atoms with E-state index in [-0.39, 0.29) is 12.5 Å². The molecule has 1 atom stereocenters. The number of nitrogens with zero attached hydrogens (tertiary/aromatic N) is 3. The molecule has 1 aromatic heterocycles. The van der Waals surface area contributed by atoms with E-state index in [9.17, 15) is 9.90 Å². The first-order valence-corrected chi connectivity index (χ1v) is 7.88. The third-order valence-corrected chi connectivity index (χ3v) is 4.64. The molecule has 1 aliphatic carbocycles. The molecule has 1 saturated heterocycles. The number of methoxy groups -OCH3 is 1. The summed E-state index contributed by atoms with van der Waals surface area (Å²) in [5, 5.41) is 18.6. The molecule has 3 rings (SSSR count). The monoisotopic (exact) mass is 309 g/mol. The lowest BCUT2D eigenvalue weighted by Crippen LogP contribution is -2.49. The van der Waals surface area contributed by atoms with Crippen molar-refractivity contribution in [1.82, 2.24) is 15.0 Å². The number of hydrogen-bond acceptors (Lipinski definition) is 5. The minimum absolute atomic E-state index is 0.0679. The van der Waals surface area contributed by atoms with Gasteiger partial charge in [-0.25, -0.2) is 4.79 Å². The number of aromatic nitrogens is 3. The van der Waals surface area contributed by atoms with Gasteiger partial charge in [0.05, 0.1) is 18.5 Å². The summed E-state index contributed by atoms with van der Waals surface area (Å²) < 4.78 is 10.6. The van der Waals surface area contributed by atoms with Crippen molar-refractivity contribution in [1.29, 1.82) is 0 Å². The Hall–Kier alpha value is -1.47. The Bertz CT molecular complexity index is 523. The molecule has 0 aromatic carbocycles. The molecule has 0 radical (unpaired) electrons. The number of carbonyl (C=O) groups is 1. The molecule has 2 heterocycles. The molecule has 1 unspecified atom stereocenters. The maximum absolute atomic E-state index is 12.1. The van der Waals surface area contributed by atoms with Crippen LogP contribution in [0.25, 0.3) is 0 Å². The summed E-state index contributed by atoms with van der Waals surface area (Å²) in [6, 6.07) is 0. The summed E-state index contributed by atoms with van der Waals surface area (Å²) in [6.07, 6.45) is 6.14. The number of ether oxygens (including phenoxy) is 2. The molecule has 22 heavy (non-hydrogen) atoms. The van der Waals surface area contributed by atoms with E-state index in [0.717, 1.165) is 31.4 Å². The quantitative estimate of drug-likeness (QED) is 0.819. The fourth-order valence-electron chi connectivity index (χ4n) is 3.15. The van der Waals surface area contributed by atoms with E-state index in [1.807, 2.05) is 0 Å². The SMILES string of the molecule is COCC(CC1CCOCC1)(C(=O)O)n1ncc(C2CC2)n1. The van der Waals surface area contributed by atoms with Gasteiger partial charge in [-0.3, -0.25) is 0 Å². The highest BCUT2D eigenvalue weighted by atomic mass is 16.5. The molecule has 0 amide bonds. The summed E-state index contributed by atoms with van der Waals surface area (Å²) in [5.41, 5.74) is -0.335. The number of hydrogen-bond donors (Lipinski definition) is 1. The number of carboxylic acid groups (broad SMARTS) is 1. The first kappa shape index (κ1) is 15.4. The van der Waals surface area contributed by atoms with Gasteiger partial charge in [-0.1, -0.05) is 0 Å². The Morgan fingerprint density at radius 1 is 1.45 bits per heavy atom. The van der Waals surface area contributed by atoms with E-state index >= 15 is 0 Å². The zero-order valence-electron chi connectivity index (χ0n) is 12.9. The standard InChI is InChI=1S/C15H23N3O4/c1-21-10-15(14(19)20,8-11-4-6-22-7-5-11)18-16-9-13(17-18)12-2-3-12/h9,11-12H,2-8,10H2,1H3,(H,19,20). The second kappa shape index (κ2) is 6.34. The van der Waals surface area contributed by atoms with Gasteiger partial charge in [0.1, 0.15) is 0 Å². The lowest BCUT2D eigenvalue weighted by molar-refractivity contribution is -0.154. The Balaban J connectivity index is 1.87. The van der Waals surface area contributed by atoms with Gasteiger partial charge < -0.3 is 14.6 Å². The summed E-state index contributed by atoms with van der Waals surface area (Å²) in [5.74, 6) is -0.194. The number of carboxylic acids is 1. The highest BCUT2D eigenvalue weighted by Gasteiger charge is 2.45. The highest BCUT2D eigenvalue weighted by molar-refractivity contribution is 5.76. The van der Waals surface area contributed by atoms with Crippen molar-refractivity contribution in [3.63, 3.8) is 0 Å². The largest absolute Gasteiger partial charge is 0.479 e. The van der Waals surface area contributed by atoms with Gasteiger partial charge >= 0.3 is 5.97 Å². The van der Waals surface area contributed by atoms with Crippen molar-refractivity contribution in [3.8, 4) is 0 Å². The van der Waals surface area contributed by atoms with Gasteiger partial charge in [0.2, 0.25) is 5.54 Å². The first-order valence-electron chi connectivity index (χ1n) is 7.88. The molecule has 2 aliphatic rings. The Morgan fingerprint density at radius 3 is 2.77 bits per heavy atom. The topological polar surface area (TPSA) is 86.5 Å². The normalized spacial score (nSPS) is 22.4. The van der Waals surface area contributed by atoms with Crippen LogP contribution in [-0.4, -0.2) is 53.0 Å². The third kappa shape index (κ3) is 3.01. The van der Waals surface area contributed by atoms with Crippen molar-refractivity contribution < 1.29 is 19.4 Å². The van der Waals surface area contributed by atoms with Crippen LogP contribution in [0.15, 0.2) is 6.20 Å². The number of rotatable bonds is 7. The molecule has 1 saturated carbocycles. The van der Waals surface area contributed by atoms with E-state index in [4.69, 9.17) is 9.47 Å². The molecule has 7 nitrogen and oxygen atoms in total. The Morgan fingerprint density at radius 2 is 2.18 bits per heavy atom. The zero-order chi connectivity index (χ0) is 15.6. The predicted octanol–water partition coefficient (Wildman–Crippen LogP) is 1.40. The fraction of sp³-hybridized carbons (Fsp3) is 0.800. The van der Waals surface area contributed by atoms with E-state index in [2.05, 4.69) is 10.2 Å². The van der Waals surface area contributed by atoms with Crippen LogP contribution in [0.2, 0.25) is 0 Å². The van der Waals surface area contributed by atoms with Crippen LogP contribution in [0.5, 0.6) is 0 Å². The van der Waals surface area contributed by atoms with Crippen molar-refractivity contribution >= 4 is 5.97 Å². The van der Waals surface area contributed by atoms with Gasteiger partial charge in [-0.2, -0.15) is 15.0 Å². The average Bonchev–Trinajstić information content (AvgIpc) is 3.25. The zero-order valence-corrected chi connectivity index (χ0v) is 12.9. The summed E-state index contributed by atoms with van der Waals surface area (Å²) in [7, 11) is 1.52. The van der Waals surface area contributed by atoms with E-state index < -0.39 is 11.5 Å². The van der Waals surface area contributed by atoms with Crippen LogP contribution in [0.1, 0.15) is 43.7 Å². The molecule has 122 valence electrons. The average molecular weight is 309 g/mol.